The van der Waals surface area contributed by atoms with Crippen LogP contribution in [0, 0.1) is 0 Å². The normalized spacial score (nSPS) is 21.5. The second kappa shape index (κ2) is 7.14. The summed E-state index contributed by atoms with van der Waals surface area (Å²) >= 11 is 0. The van der Waals surface area contributed by atoms with E-state index in [-0.39, 0.29) is 5.56 Å². The number of rotatable bonds is 3. The number of aromatic carboxylic acids is 1. The van der Waals surface area contributed by atoms with E-state index >= 15 is 0 Å². The minimum Gasteiger partial charge on any atom is -0.545 e. The maximum absolute atomic E-state index is 10.8. The van der Waals surface area contributed by atoms with Gasteiger partial charge in [0.15, 0.2) is 0 Å². The van der Waals surface area contributed by atoms with Crippen LogP contribution in [0.15, 0.2) is 24.3 Å². The van der Waals surface area contributed by atoms with Crippen LogP contribution < -0.4 is 14.9 Å². The average Bonchev–Trinajstić information content (AvgIpc) is 2.84. The Morgan fingerprint density at radius 1 is 1.00 bits per heavy atom. The number of hydrogen-bond donors (Lipinski definition) is 1. The van der Waals surface area contributed by atoms with Crippen LogP contribution >= 0.6 is 0 Å². The minimum atomic E-state index is -1.10. The summed E-state index contributed by atoms with van der Waals surface area (Å²) in [6, 6.07) is 7.97. The highest BCUT2D eigenvalue weighted by Gasteiger charge is 2.27. The molecule has 120 valence electrons. The fraction of sp³-hybridized carbons (Fsp3) is 0.611. The second-order valence-corrected chi connectivity index (χ2v) is 6.67. The van der Waals surface area contributed by atoms with Gasteiger partial charge in [0.2, 0.25) is 0 Å². The Morgan fingerprint density at radius 3 is 2.14 bits per heavy atom. The van der Waals surface area contributed by atoms with Gasteiger partial charge >= 0.3 is 0 Å². The van der Waals surface area contributed by atoms with Gasteiger partial charge in [-0.15, -0.1) is 0 Å². The Balaban J connectivity index is 1.55. The highest BCUT2D eigenvalue weighted by atomic mass is 16.4. The summed E-state index contributed by atoms with van der Waals surface area (Å²) in [6.07, 6.45) is 8.44. The molecule has 0 bridgehead atoms. The first-order chi connectivity index (χ1) is 10.7. The van der Waals surface area contributed by atoms with Crippen molar-refractivity contribution in [1.82, 2.24) is 0 Å². The van der Waals surface area contributed by atoms with Crippen LogP contribution in [0.3, 0.4) is 0 Å². The molecular weight excluding hydrogens is 276 g/mol. The Hall–Kier alpha value is -1.55. The van der Waals surface area contributed by atoms with Gasteiger partial charge in [-0.3, -0.25) is 0 Å². The highest BCUT2D eigenvalue weighted by molar-refractivity contribution is 5.86. The smallest absolute Gasteiger partial charge is 0.0951 e. The lowest BCUT2D eigenvalue weighted by Gasteiger charge is -2.37. The standard InChI is InChI=1S/C18H26N2O2/c21-18(22)15-7-9-17(10-8-15)20-13-11-19(12-14-20)16-5-3-1-2-4-6-16/h7-10,16H,1-6,11-14H2,(H,21,22). The Labute approximate surface area is 132 Å². The maximum Gasteiger partial charge on any atom is 0.0951 e. The van der Waals surface area contributed by atoms with E-state index in [9.17, 15) is 9.90 Å². The van der Waals surface area contributed by atoms with Crippen LogP contribution in [-0.4, -0.2) is 38.2 Å². The van der Waals surface area contributed by atoms with E-state index in [4.69, 9.17) is 0 Å². The number of carboxylic acids is 1. The molecule has 2 fully saturated rings. The number of carboxylic acid groups (broad SMARTS) is 1. The number of hydrogen-bond acceptors (Lipinski definition) is 3. The minimum absolute atomic E-state index is 0.256. The summed E-state index contributed by atoms with van der Waals surface area (Å²) in [4.78, 5) is 15.0. The van der Waals surface area contributed by atoms with Crippen molar-refractivity contribution in [1.29, 1.82) is 0 Å². The van der Waals surface area contributed by atoms with Crippen molar-refractivity contribution in [2.24, 2.45) is 0 Å². The van der Waals surface area contributed by atoms with E-state index in [0.29, 0.717) is 0 Å². The zero-order valence-corrected chi connectivity index (χ0v) is 13.2. The van der Waals surface area contributed by atoms with Crippen LogP contribution in [0.1, 0.15) is 48.9 Å². The molecule has 1 aromatic rings. The van der Waals surface area contributed by atoms with Gasteiger partial charge in [0.25, 0.3) is 0 Å². The number of nitrogens with zero attached hydrogens (tertiary/aromatic N) is 1. The number of anilines is 1. The molecule has 0 amide bonds. The molecule has 1 N–H and O–H groups in total. The fourth-order valence-electron chi connectivity index (χ4n) is 3.96. The molecule has 1 aliphatic heterocycles. The third-order valence-electron chi connectivity index (χ3n) is 5.31. The molecule has 3 rings (SSSR count). The van der Waals surface area contributed by atoms with Crippen molar-refractivity contribution in [3.63, 3.8) is 0 Å². The lowest BCUT2D eigenvalue weighted by atomic mass is 10.1. The molecule has 0 unspecified atom stereocenters. The van der Waals surface area contributed by atoms with Crippen LogP contribution in [0.25, 0.3) is 0 Å². The molecule has 0 aromatic heterocycles. The highest BCUT2D eigenvalue weighted by Crippen LogP contribution is 2.17. The lowest BCUT2D eigenvalue weighted by molar-refractivity contribution is -0.926. The van der Waals surface area contributed by atoms with E-state index in [2.05, 4.69) is 4.90 Å². The van der Waals surface area contributed by atoms with Crippen LogP contribution in [0.2, 0.25) is 0 Å². The molecule has 0 spiro atoms. The van der Waals surface area contributed by atoms with E-state index in [0.717, 1.165) is 24.8 Å². The summed E-state index contributed by atoms with van der Waals surface area (Å²) in [6.45, 7) is 4.53. The number of nitrogens with one attached hydrogen (secondary N) is 1. The molecule has 0 atom stereocenters. The number of benzene rings is 1. The molecule has 1 heterocycles. The van der Waals surface area contributed by atoms with Gasteiger partial charge in [-0.05, 0) is 43.4 Å². The maximum atomic E-state index is 10.8. The largest absolute Gasteiger partial charge is 0.545 e. The van der Waals surface area contributed by atoms with Gasteiger partial charge in [0.05, 0.1) is 38.2 Å². The molecule has 22 heavy (non-hydrogen) atoms. The van der Waals surface area contributed by atoms with Gasteiger partial charge in [0, 0.05) is 5.69 Å². The first-order valence-corrected chi connectivity index (χ1v) is 8.65. The zero-order chi connectivity index (χ0) is 15.4. The first-order valence-electron chi connectivity index (χ1n) is 8.65. The predicted molar refractivity (Wildman–Crippen MR) is 85.2 cm³/mol. The topological polar surface area (TPSA) is 47.8 Å². The lowest BCUT2D eigenvalue weighted by Crippen LogP contribution is -3.18. The van der Waals surface area contributed by atoms with Crippen molar-refractivity contribution >= 4 is 11.7 Å². The van der Waals surface area contributed by atoms with Gasteiger partial charge in [-0.2, -0.15) is 0 Å². The molecule has 4 heteroatoms. The molecule has 4 nitrogen and oxygen atoms in total. The van der Waals surface area contributed by atoms with Crippen LogP contribution in [0.5, 0.6) is 0 Å². The summed E-state index contributed by atoms with van der Waals surface area (Å²) in [7, 11) is 0. The van der Waals surface area contributed by atoms with Gasteiger partial charge < -0.3 is 19.7 Å². The molecule has 0 radical (unpaired) electrons. The van der Waals surface area contributed by atoms with Gasteiger partial charge in [-0.1, -0.05) is 25.0 Å². The molecule has 1 aromatic carbocycles. The van der Waals surface area contributed by atoms with E-state index < -0.39 is 5.97 Å². The molecular formula is C18H26N2O2. The van der Waals surface area contributed by atoms with Crippen LogP contribution in [0.4, 0.5) is 5.69 Å². The number of piperazine rings is 1. The van der Waals surface area contributed by atoms with Crippen molar-refractivity contribution in [3.8, 4) is 0 Å². The third kappa shape index (κ3) is 3.61. The van der Waals surface area contributed by atoms with E-state index in [1.165, 1.54) is 51.6 Å². The molecule has 2 aliphatic rings. The SMILES string of the molecule is O=C([O-])c1ccc(N2CC[NH+](C3CCCCCC3)CC2)cc1. The van der Waals surface area contributed by atoms with Crippen molar-refractivity contribution in [2.75, 3.05) is 31.1 Å². The van der Waals surface area contributed by atoms with Crippen molar-refractivity contribution < 1.29 is 14.8 Å². The molecule has 1 saturated carbocycles. The molecule has 1 aliphatic carbocycles. The van der Waals surface area contributed by atoms with Crippen LogP contribution in [-0.2, 0) is 0 Å². The van der Waals surface area contributed by atoms with Gasteiger partial charge in [0.1, 0.15) is 0 Å². The molecule has 1 saturated heterocycles. The number of quaternary nitrogens is 1. The Bertz CT molecular complexity index is 484. The Kier molecular flexibility index (Phi) is 4.98. The van der Waals surface area contributed by atoms with E-state index in [1.807, 2.05) is 12.1 Å². The van der Waals surface area contributed by atoms with Crippen molar-refractivity contribution in [3.05, 3.63) is 29.8 Å². The predicted octanol–water partition coefficient (Wildman–Crippen LogP) is 0.478. The summed E-state index contributed by atoms with van der Waals surface area (Å²) in [5.41, 5.74) is 1.39. The summed E-state index contributed by atoms with van der Waals surface area (Å²) in [5.74, 6) is -1.10. The Morgan fingerprint density at radius 2 is 1.59 bits per heavy atom. The summed E-state index contributed by atoms with van der Waals surface area (Å²) < 4.78 is 0. The second-order valence-electron chi connectivity index (χ2n) is 6.67. The van der Waals surface area contributed by atoms with Crippen molar-refractivity contribution in [2.45, 2.75) is 44.6 Å². The average molecular weight is 302 g/mol. The zero-order valence-electron chi connectivity index (χ0n) is 13.2. The van der Waals surface area contributed by atoms with E-state index in [1.54, 1.807) is 17.0 Å². The number of carbonyl (C=O) groups excluding carboxylic acids is 1. The fourth-order valence-corrected chi connectivity index (χ4v) is 3.96. The van der Waals surface area contributed by atoms with Gasteiger partial charge in [-0.25, -0.2) is 0 Å². The summed E-state index contributed by atoms with van der Waals surface area (Å²) in [5, 5.41) is 10.8. The number of carbonyl (C=O) groups is 1. The first kappa shape index (κ1) is 15.3. The third-order valence-corrected chi connectivity index (χ3v) is 5.31. The monoisotopic (exact) mass is 302 g/mol. The quantitative estimate of drug-likeness (QED) is 0.826.